The fourth-order valence-corrected chi connectivity index (χ4v) is 4.79. The molecule has 2 aliphatic rings. The zero-order chi connectivity index (χ0) is 18.2. The van der Waals surface area contributed by atoms with Crippen molar-refractivity contribution in [2.24, 2.45) is 0 Å². The van der Waals surface area contributed by atoms with E-state index in [0.29, 0.717) is 6.54 Å². The lowest BCUT2D eigenvalue weighted by molar-refractivity contribution is -0.122. The van der Waals surface area contributed by atoms with Crippen LogP contribution in [0.3, 0.4) is 0 Å². The molecule has 0 aliphatic carbocycles. The molecule has 2 aliphatic heterocycles. The average molecular weight is 379 g/mol. The van der Waals surface area contributed by atoms with Gasteiger partial charge in [0.2, 0.25) is 5.91 Å². The second kappa shape index (κ2) is 6.90. The van der Waals surface area contributed by atoms with Gasteiger partial charge in [0.25, 0.3) is 0 Å². The summed E-state index contributed by atoms with van der Waals surface area (Å²) < 4.78 is 0. The quantitative estimate of drug-likeness (QED) is 0.729. The van der Waals surface area contributed by atoms with Crippen LogP contribution in [0.15, 0.2) is 36.0 Å². The molecule has 2 N–H and O–H groups in total. The van der Waals surface area contributed by atoms with Crippen LogP contribution < -0.4 is 15.5 Å². The van der Waals surface area contributed by atoms with Gasteiger partial charge in [-0.05, 0) is 41.0 Å². The number of thiophene rings is 1. The number of benzene rings is 1. The Morgan fingerprint density at radius 2 is 2.19 bits per heavy atom. The fraction of sp³-hybridized carbons (Fsp3) is 0.350. The molecule has 1 saturated heterocycles. The van der Waals surface area contributed by atoms with Gasteiger partial charge in [0.15, 0.2) is 0 Å². The molecule has 0 spiro atoms. The Morgan fingerprint density at radius 1 is 1.26 bits per heavy atom. The summed E-state index contributed by atoms with van der Waals surface area (Å²) >= 11 is 1.60. The number of nitrogens with zero attached hydrogens (tertiary/aromatic N) is 3. The molecule has 5 rings (SSSR count). The van der Waals surface area contributed by atoms with Crippen LogP contribution in [0.2, 0.25) is 0 Å². The predicted molar refractivity (Wildman–Crippen MR) is 107 cm³/mol. The first-order valence-electron chi connectivity index (χ1n) is 9.33. The minimum atomic E-state index is -0.168. The summed E-state index contributed by atoms with van der Waals surface area (Å²) in [6.45, 7) is 3.27. The zero-order valence-electron chi connectivity index (χ0n) is 14.9. The molecule has 1 atom stereocenters. The van der Waals surface area contributed by atoms with Gasteiger partial charge >= 0.3 is 0 Å². The number of amides is 1. The van der Waals surface area contributed by atoms with Gasteiger partial charge in [-0.3, -0.25) is 4.79 Å². The Bertz CT molecular complexity index is 1000. The van der Waals surface area contributed by atoms with E-state index in [0.717, 1.165) is 54.1 Å². The van der Waals surface area contributed by atoms with Crippen LogP contribution >= 0.6 is 11.3 Å². The van der Waals surface area contributed by atoms with Gasteiger partial charge in [-0.2, -0.15) is 0 Å². The molecule has 1 unspecified atom stereocenters. The summed E-state index contributed by atoms with van der Waals surface area (Å²) in [4.78, 5) is 24.8. The highest BCUT2D eigenvalue weighted by Crippen LogP contribution is 2.31. The van der Waals surface area contributed by atoms with Crippen molar-refractivity contribution in [2.45, 2.75) is 38.5 Å². The van der Waals surface area contributed by atoms with Crippen molar-refractivity contribution < 1.29 is 4.79 Å². The van der Waals surface area contributed by atoms with Crippen molar-refractivity contribution in [3.8, 4) is 0 Å². The van der Waals surface area contributed by atoms with Gasteiger partial charge in [-0.15, -0.1) is 11.3 Å². The normalized spacial score (nSPS) is 18.8. The van der Waals surface area contributed by atoms with E-state index in [2.05, 4.69) is 43.7 Å². The molecule has 1 aromatic carbocycles. The SMILES string of the molecule is O=C(NCc1ccc2c(c1)CNC2)C1CCCN1c1ncnc2sccc12. The van der Waals surface area contributed by atoms with E-state index in [1.54, 1.807) is 17.7 Å². The van der Waals surface area contributed by atoms with E-state index >= 15 is 0 Å². The maximum atomic E-state index is 12.9. The second-order valence-electron chi connectivity index (χ2n) is 7.11. The Balaban J connectivity index is 1.31. The van der Waals surface area contributed by atoms with Gasteiger partial charge < -0.3 is 15.5 Å². The summed E-state index contributed by atoms with van der Waals surface area (Å²) in [6, 6.07) is 8.34. The van der Waals surface area contributed by atoms with Crippen molar-refractivity contribution in [3.05, 3.63) is 52.7 Å². The number of anilines is 1. The highest BCUT2D eigenvalue weighted by atomic mass is 32.1. The fourth-order valence-electron chi connectivity index (χ4n) is 4.06. The molecule has 1 amide bonds. The largest absolute Gasteiger partial charge is 0.350 e. The van der Waals surface area contributed by atoms with E-state index in [1.807, 2.05) is 11.4 Å². The van der Waals surface area contributed by atoms with E-state index in [1.165, 1.54) is 11.1 Å². The average Bonchev–Trinajstić information content (AvgIpc) is 3.45. The van der Waals surface area contributed by atoms with Crippen molar-refractivity contribution in [2.75, 3.05) is 11.4 Å². The molecule has 138 valence electrons. The third-order valence-electron chi connectivity index (χ3n) is 5.44. The molecule has 0 saturated carbocycles. The summed E-state index contributed by atoms with van der Waals surface area (Å²) in [5.74, 6) is 0.954. The lowest BCUT2D eigenvalue weighted by atomic mass is 10.1. The minimum absolute atomic E-state index is 0.0770. The van der Waals surface area contributed by atoms with Gasteiger partial charge in [-0.1, -0.05) is 18.2 Å². The van der Waals surface area contributed by atoms with E-state index < -0.39 is 0 Å². The summed E-state index contributed by atoms with van der Waals surface area (Å²) in [5, 5.41) is 9.55. The molecular weight excluding hydrogens is 358 g/mol. The van der Waals surface area contributed by atoms with Gasteiger partial charge in [0.1, 0.15) is 23.0 Å². The molecule has 27 heavy (non-hydrogen) atoms. The van der Waals surface area contributed by atoms with Gasteiger partial charge in [-0.25, -0.2) is 9.97 Å². The van der Waals surface area contributed by atoms with Crippen molar-refractivity contribution in [3.63, 3.8) is 0 Å². The van der Waals surface area contributed by atoms with Crippen LogP contribution in [0.4, 0.5) is 5.82 Å². The van der Waals surface area contributed by atoms with Gasteiger partial charge in [0, 0.05) is 26.2 Å². The molecule has 0 radical (unpaired) electrons. The van der Waals surface area contributed by atoms with Crippen molar-refractivity contribution in [1.29, 1.82) is 0 Å². The lowest BCUT2D eigenvalue weighted by Gasteiger charge is -2.25. The van der Waals surface area contributed by atoms with Crippen LogP contribution in [0.1, 0.15) is 29.5 Å². The number of nitrogens with one attached hydrogen (secondary N) is 2. The minimum Gasteiger partial charge on any atom is -0.350 e. The van der Waals surface area contributed by atoms with Crippen LogP contribution in [-0.2, 0) is 24.4 Å². The van der Waals surface area contributed by atoms with Crippen molar-refractivity contribution in [1.82, 2.24) is 20.6 Å². The van der Waals surface area contributed by atoms with Crippen LogP contribution in [0, 0.1) is 0 Å². The van der Waals surface area contributed by atoms with Crippen LogP contribution in [0.5, 0.6) is 0 Å². The Kier molecular flexibility index (Phi) is 4.26. The van der Waals surface area contributed by atoms with Crippen LogP contribution in [0.25, 0.3) is 10.2 Å². The first-order valence-corrected chi connectivity index (χ1v) is 10.2. The number of hydrogen-bond donors (Lipinski definition) is 2. The number of carbonyl (C=O) groups is 1. The molecule has 0 bridgehead atoms. The van der Waals surface area contributed by atoms with Gasteiger partial charge in [0.05, 0.1) is 5.39 Å². The maximum Gasteiger partial charge on any atom is 0.243 e. The Morgan fingerprint density at radius 3 is 3.15 bits per heavy atom. The van der Waals surface area contributed by atoms with Crippen molar-refractivity contribution >= 4 is 33.3 Å². The predicted octanol–water partition coefficient (Wildman–Crippen LogP) is 2.58. The summed E-state index contributed by atoms with van der Waals surface area (Å²) in [6.07, 6.45) is 3.45. The third-order valence-corrected chi connectivity index (χ3v) is 6.26. The molecule has 7 heteroatoms. The highest BCUT2D eigenvalue weighted by Gasteiger charge is 2.32. The number of fused-ring (bicyclic) bond motifs is 2. The zero-order valence-corrected chi connectivity index (χ0v) is 15.8. The maximum absolute atomic E-state index is 12.9. The van der Waals surface area contributed by atoms with E-state index in [-0.39, 0.29) is 11.9 Å². The van der Waals surface area contributed by atoms with E-state index in [4.69, 9.17) is 0 Å². The number of hydrogen-bond acceptors (Lipinski definition) is 6. The molecule has 4 heterocycles. The highest BCUT2D eigenvalue weighted by molar-refractivity contribution is 7.16. The molecule has 2 aromatic heterocycles. The first kappa shape index (κ1) is 16.6. The first-order chi connectivity index (χ1) is 13.3. The van der Waals surface area contributed by atoms with Crippen LogP contribution in [-0.4, -0.2) is 28.5 Å². The molecule has 1 fully saturated rings. The smallest absolute Gasteiger partial charge is 0.243 e. The topological polar surface area (TPSA) is 70.2 Å². The Hall–Kier alpha value is -2.51. The third kappa shape index (κ3) is 3.07. The lowest BCUT2D eigenvalue weighted by Crippen LogP contribution is -2.43. The number of carbonyl (C=O) groups excluding carboxylic acids is 1. The summed E-state index contributed by atoms with van der Waals surface area (Å²) in [5.41, 5.74) is 3.85. The molecule has 6 nitrogen and oxygen atoms in total. The van der Waals surface area contributed by atoms with E-state index in [9.17, 15) is 4.79 Å². The molecule has 3 aromatic rings. The molecular formula is C20H21N5OS. The second-order valence-corrected chi connectivity index (χ2v) is 8.01. The number of aromatic nitrogens is 2. The number of rotatable bonds is 4. The summed E-state index contributed by atoms with van der Waals surface area (Å²) in [7, 11) is 0. The Labute approximate surface area is 161 Å². The monoisotopic (exact) mass is 379 g/mol. The standard InChI is InChI=1S/C20H21N5OS/c26-19(22-9-13-3-4-14-10-21-11-15(14)8-13)17-2-1-6-25(17)18-16-5-7-27-20(16)24-12-23-18/h3-5,7-8,12,17,21H,1-2,6,9-11H2,(H,22,26).